The maximum Gasteiger partial charge on any atom is 0.348 e. The lowest BCUT2D eigenvalue weighted by molar-refractivity contribution is 0.0703. The van der Waals surface area contributed by atoms with E-state index in [1.54, 1.807) is 30.3 Å². The van der Waals surface area contributed by atoms with Crippen LogP contribution in [0.2, 0.25) is 10.0 Å². The predicted octanol–water partition coefficient (Wildman–Crippen LogP) is 8.67. The Balaban J connectivity index is 1.60. The average molecular weight is 566 g/mol. The Bertz CT molecular complexity index is 1650. The maximum absolute atomic E-state index is 13.8. The minimum atomic E-state index is -1.17. The molecule has 0 radical (unpaired) electrons. The van der Waals surface area contributed by atoms with Gasteiger partial charge in [0.15, 0.2) is 0 Å². The quantitative estimate of drug-likeness (QED) is 0.214. The van der Waals surface area contributed by atoms with Crippen molar-refractivity contribution < 1.29 is 23.5 Å². The van der Waals surface area contributed by atoms with Crippen molar-refractivity contribution in [3.8, 4) is 21.8 Å². The van der Waals surface area contributed by atoms with Crippen molar-refractivity contribution in [1.29, 1.82) is 0 Å². The first-order valence-electron chi connectivity index (χ1n) is 11.3. The van der Waals surface area contributed by atoms with Crippen molar-refractivity contribution in [2.75, 3.05) is 4.90 Å². The molecule has 5 rings (SSSR count). The van der Waals surface area contributed by atoms with Crippen LogP contribution in [0.4, 0.5) is 10.1 Å². The molecule has 5 nitrogen and oxygen atoms in total. The fourth-order valence-electron chi connectivity index (χ4n) is 3.97. The van der Waals surface area contributed by atoms with E-state index >= 15 is 0 Å². The van der Waals surface area contributed by atoms with Crippen LogP contribution in [-0.2, 0) is 6.54 Å². The highest BCUT2D eigenvalue weighted by Gasteiger charge is 2.28. The number of hydrogen-bond donors (Lipinski definition) is 1. The summed E-state index contributed by atoms with van der Waals surface area (Å²) in [5.41, 5.74) is 1.69. The number of amides is 1. The van der Waals surface area contributed by atoms with Gasteiger partial charge in [-0.1, -0.05) is 65.7 Å². The van der Waals surface area contributed by atoms with Crippen molar-refractivity contribution >= 4 is 52.1 Å². The molecular formula is C29H18Cl2FNO4S. The first-order valence-corrected chi connectivity index (χ1v) is 12.9. The van der Waals surface area contributed by atoms with Crippen LogP contribution in [0.3, 0.4) is 0 Å². The molecule has 0 spiro atoms. The van der Waals surface area contributed by atoms with E-state index in [4.69, 9.17) is 27.6 Å². The monoisotopic (exact) mass is 565 g/mol. The summed E-state index contributed by atoms with van der Waals surface area (Å²) in [5, 5.41) is 10.5. The van der Waals surface area contributed by atoms with Crippen molar-refractivity contribution in [2.45, 2.75) is 6.54 Å². The lowest BCUT2D eigenvalue weighted by atomic mass is 10.1. The van der Waals surface area contributed by atoms with E-state index in [9.17, 15) is 19.1 Å². The van der Waals surface area contributed by atoms with Gasteiger partial charge in [0.2, 0.25) is 0 Å². The highest BCUT2D eigenvalue weighted by Crippen LogP contribution is 2.39. The first-order chi connectivity index (χ1) is 18.3. The molecule has 0 saturated carbocycles. The number of rotatable bonds is 7. The van der Waals surface area contributed by atoms with Crippen LogP contribution >= 0.6 is 34.5 Å². The SMILES string of the molecule is O=C(O)c1sc(-c2ccccc2)cc1N(Cc1ccc(-c2cccc(F)c2)o1)C(=O)c1ccc(Cl)cc1Cl. The first kappa shape index (κ1) is 25.7. The summed E-state index contributed by atoms with van der Waals surface area (Å²) in [6, 6.07) is 24.7. The number of anilines is 1. The third kappa shape index (κ3) is 5.36. The summed E-state index contributed by atoms with van der Waals surface area (Å²) < 4.78 is 19.7. The summed E-state index contributed by atoms with van der Waals surface area (Å²) in [5.74, 6) is -1.34. The Hall–Kier alpha value is -3.91. The second-order valence-corrected chi connectivity index (χ2v) is 10.2. The highest BCUT2D eigenvalue weighted by molar-refractivity contribution is 7.18. The van der Waals surface area contributed by atoms with Gasteiger partial charge in [-0.25, -0.2) is 9.18 Å². The topological polar surface area (TPSA) is 70.8 Å². The molecule has 0 bridgehead atoms. The minimum absolute atomic E-state index is 0.0146. The molecule has 2 heterocycles. The van der Waals surface area contributed by atoms with Gasteiger partial charge < -0.3 is 9.52 Å². The summed E-state index contributed by atoms with van der Waals surface area (Å²) in [6.45, 7) is -0.0989. The molecule has 38 heavy (non-hydrogen) atoms. The van der Waals surface area contributed by atoms with Gasteiger partial charge in [-0.15, -0.1) is 11.3 Å². The van der Waals surface area contributed by atoms with E-state index in [1.165, 1.54) is 35.2 Å². The number of carbonyl (C=O) groups excluding carboxylic acids is 1. The van der Waals surface area contributed by atoms with Crippen LogP contribution in [0.25, 0.3) is 21.8 Å². The predicted molar refractivity (Wildman–Crippen MR) is 148 cm³/mol. The van der Waals surface area contributed by atoms with Gasteiger partial charge in [-0.2, -0.15) is 0 Å². The van der Waals surface area contributed by atoms with E-state index < -0.39 is 17.7 Å². The molecule has 0 saturated heterocycles. The number of aromatic carboxylic acids is 1. The number of hydrogen-bond acceptors (Lipinski definition) is 4. The second-order valence-electron chi connectivity index (χ2n) is 8.29. The van der Waals surface area contributed by atoms with Gasteiger partial charge in [0.05, 0.1) is 22.8 Å². The lowest BCUT2D eigenvalue weighted by Crippen LogP contribution is -2.31. The molecule has 0 aliphatic heterocycles. The number of carboxylic acid groups (broad SMARTS) is 1. The zero-order valence-corrected chi connectivity index (χ0v) is 21.9. The number of furan rings is 1. The molecule has 1 amide bonds. The van der Waals surface area contributed by atoms with Crippen LogP contribution in [0, 0.1) is 5.82 Å². The molecule has 1 N–H and O–H groups in total. The second kappa shape index (κ2) is 10.8. The smallest absolute Gasteiger partial charge is 0.348 e. The Labute approximate surface area is 231 Å². The zero-order chi connectivity index (χ0) is 26.8. The third-order valence-corrected chi connectivity index (χ3v) is 7.46. The number of halogens is 3. The molecule has 9 heteroatoms. The van der Waals surface area contributed by atoms with E-state index in [-0.39, 0.29) is 27.7 Å². The molecule has 190 valence electrons. The summed E-state index contributed by atoms with van der Waals surface area (Å²) in [4.78, 5) is 28.1. The third-order valence-electron chi connectivity index (χ3n) is 5.75. The van der Waals surface area contributed by atoms with Gasteiger partial charge in [0.25, 0.3) is 5.91 Å². The standard InChI is InChI=1S/C29H18Cl2FNO4S/c30-19-9-11-22(23(31)14-19)28(34)33(16-21-10-12-25(37-21)18-7-4-8-20(32)13-18)24-15-26(38-27(24)29(35)36)17-5-2-1-3-6-17/h1-15H,16H2,(H,35,36). The van der Waals surface area contributed by atoms with Crippen molar-refractivity contribution in [3.63, 3.8) is 0 Å². The van der Waals surface area contributed by atoms with Gasteiger partial charge in [-0.3, -0.25) is 9.69 Å². The molecule has 2 aromatic heterocycles. The van der Waals surface area contributed by atoms with Crippen LogP contribution < -0.4 is 4.90 Å². The van der Waals surface area contributed by atoms with Gasteiger partial charge >= 0.3 is 5.97 Å². The summed E-state index contributed by atoms with van der Waals surface area (Å²) in [6.07, 6.45) is 0. The molecule has 3 aromatic carbocycles. The molecule has 0 aliphatic carbocycles. The molecule has 5 aromatic rings. The largest absolute Gasteiger partial charge is 0.477 e. The highest BCUT2D eigenvalue weighted by atomic mass is 35.5. The van der Waals surface area contributed by atoms with Crippen LogP contribution in [-0.4, -0.2) is 17.0 Å². The Morgan fingerprint density at radius 3 is 2.37 bits per heavy atom. The van der Waals surface area contributed by atoms with Gasteiger partial charge in [0, 0.05) is 15.5 Å². The number of nitrogens with zero attached hydrogens (tertiary/aromatic N) is 1. The number of benzene rings is 3. The summed E-state index contributed by atoms with van der Waals surface area (Å²) in [7, 11) is 0. The van der Waals surface area contributed by atoms with Crippen LogP contribution in [0.15, 0.2) is 95.4 Å². The maximum atomic E-state index is 13.8. The lowest BCUT2D eigenvalue weighted by Gasteiger charge is -2.22. The fourth-order valence-corrected chi connectivity index (χ4v) is 5.46. The van der Waals surface area contributed by atoms with E-state index in [2.05, 4.69) is 0 Å². The Morgan fingerprint density at radius 2 is 1.66 bits per heavy atom. The van der Waals surface area contributed by atoms with Gasteiger partial charge in [-0.05, 0) is 54.1 Å². The van der Waals surface area contributed by atoms with Crippen LogP contribution in [0.1, 0.15) is 25.8 Å². The molecule has 0 unspecified atom stereocenters. The van der Waals surface area contributed by atoms with E-state index in [0.29, 0.717) is 27.0 Å². The van der Waals surface area contributed by atoms with Crippen LogP contribution in [0.5, 0.6) is 0 Å². The Kier molecular flexibility index (Phi) is 7.33. The molecule has 0 atom stereocenters. The molecule has 0 fully saturated rings. The normalized spacial score (nSPS) is 10.9. The minimum Gasteiger partial charge on any atom is -0.477 e. The Morgan fingerprint density at radius 1 is 0.895 bits per heavy atom. The molecular weight excluding hydrogens is 548 g/mol. The zero-order valence-electron chi connectivity index (χ0n) is 19.5. The molecule has 0 aliphatic rings. The van der Waals surface area contributed by atoms with Gasteiger partial charge in [0.1, 0.15) is 22.2 Å². The van der Waals surface area contributed by atoms with E-state index in [0.717, 1.165) is 16.9 Å². The van der Waals surface area contributed by atoms with E-state index in [1.807, 2.05) is 30.3 Å². The number of carboxylic acids is 1. The number of carbonyl (C=O) groups is 2. The average Bonchev–Trinajstić information content (AvgIpc) is 3.55. The summed E-state index contributed by atoms with van der Waals surface area (Å²) >= 11 is 13.5. The fraction of sp³-hybridized carbons (Fsp3) is 0.0345. The van der Waals surface area contributed by atoms with Crippen molar-refractivity contribution in [1.82, 2.24) is 0 Å². The number of thiophene rings is 1. The van der Waals surface area contributed by atoms with Crippen molar-refractivity contribution in [2.24, 2.45) is 0 Å². The van der Waals surface area contributed by atoms with Crippen molar-refractivity contribution in [3.05, 3.63) is 123 Å².